The smallest absolute Gasteiger partial charge is 0.294 e. The third-order valence-electron chi connectivity index (χ3n) is 4.56. The number of aromatic hydroxyl groups is 1. The number of nitrogens with one attached hydrogen (secondary N) is 2. The van der Waals surface area contributed by atoms with Gasteiger partial charge >= 0.3 is 0 Å². The Morgan fingerprint density at radius 2 is 1.70 bits per heavy atom. The van der Waals surface area contributed by atoms with Crippen LogP contribution in [0.4, 0.5) is 5.95 Å². The number of carbonyl (C=O) groups excluding carboxylic acids is 2. The quantitative estimate of drug-likeness (QED) is 0.541. The van der Waals surface area contributed by atoms with Gasteiger partial charge in [-0.1, -0.05) is 29.8 Å². The van der Waals surface area contributed by atoms with Crippen LogP contribution in [0, 0.1) is 0 Å². The Morgan fingerprint density at radius 1 is 1.03 bits per heavy atom. The van der Waals surface area contributed by atoms with E-state index in [4.69, 9.17) is 11.6 Å². The fourth-order valence-corrected chi connectivity index (χ4v) is 3.23. The molecule has 4 rings (SSSR count). The van der Waals surface area contributed by atoms with Crippen LogP contribution in [0.5, 0.6) is 5.75 Å². The number of anilines is 1. The molecule has 0 aliphatic carbocycles. The third kappa shape index (κ3) is 4.03. The summed E-state index contributed by atoms with van der Waals surface area (Å²) in [5.74, 6) is -1.42. The zero-order valence-corrected chi connectivity index (χ0v) is 16.5. The van der Waals surface area contributed by atoms with Crippen molar-refractivity contribution in [2.45, 2.75) is 12.8 Å². The number of para-hydroxylation sites is 1. The van der Waals surface area contributed by atoms with Crippen molar-refractivity contribution in [1.29, 1.82) is 0 Å². The minimum atomic E-state index is -0.791. The van der Waals surface area contributed by atoms with Crippen LogP contribution in [0.25, 0.3) is 5.69 Å². The van der Waals surface area contributed by atoms with Gasteiger partial charge in [-0.15, -0.1) is 0 Å². The lowest BCUT2D eigenvalue weighted by atomic mass is 10.3. The number of rotatable bonds is 4. The van der Waals surface area contributed by atoms with E-state index in [1.165, 1.54) is 17.1 Å². The molecule has 1 aromatic carbocycles. The van der Waals surface area contributed by atoms with Gasteiger partial charge in [0.25, 0.3) is 11.8 Å². The summed E-state index contributed by atoms with van der Waals surface area (Å²) in [6.07, 6.45) is 4.72. The van der Waals surface area contributed by atoms with E-state index >= 15 is 0 Å². The standard InChI is InChI=1S/C19H18ClN7O3/c20-13-10-21-19(26-8-4-5-9-26)22-15(13)17(29)23-24-18(30)16-14(28)11-27(25-16)12-6-2-1-3-7-12/h1-3,6-7,10-11,28H,4-5,8-9H2,(H,23,29)(H,24,30). The molecule has 0 radical (unpaired) electrons. The van der Waals surface area contributed by atoms with Crippen LogP contribution in [0.15, 0.2) is 42.7 Å². The SMILES string of the molecule is O=C(NNC(=O)c1nc(N2CCCC2)ncc1Cl)c1nn(-c2ccccc2)cc1O. The molecule has 11 heteroatoms. The molecule has 0 spiro atoms. The summed E-state index contributed by atoms with van der Waals surface area (Å²) >= 11 is 6.05. The normalized spacial score (nSPS) is 13.3. The van der Waals surface area contributed by atoms with Crippen LogP contribution < -0.4 is 15.8 Å². The summed E-state index contributed by atoms with van der Waals surface area (Å²) in [7, 11) is 0. The maximum Gasteiger partial charge on any atom is 0.294 e. The van der Waals surface area contributed by atoms with E-state index in [2.05, 4.69) is 25.9 Å². The molecule has 10 nitrogen and oxygen atoms in total. The highest BCUT2D eigenvalue weighted by Gasteiger charge is 2.22. The Balaban J connectivity index is 1.45. The van der Waals surface area contributed by atoms with E-state index in [0.717, 1.165) is 25.9 Å². The van der Waals surface area contributed by atoms with Crippen molar-refractivity contribution in [3.05, 3.63) is 59.1 Å². The largest absolute Gasteiger partial charge is 0.504 e. The molecular weight excluding hydrogens is 410 g/mol. The maximum atomic E-state index is 12.5. The average Bonchev–Trinajstić information content (AvgIpc) is 3.43. The van der Waals surface area contributed by atoms with Crippen LogP contribution >= 0.6 is 11.6 Å². The number of halogens is 1. The summed E-state index contributed by atoms with van der Waals surface area (Å²) in [6.45, 7) is 1.62. The van der Waals surface area contributed by atoms with Crippen molar-refractivity contribution in [1.82, 2.24) is 30.6 Å². The van der Waals surface area contributed by atoms with Crippen LogP contribution in [-0.2, 0) is 0 Å². The van der Waals surface area contributed by atoms with E-state index in [1.807, 2.05) is 11.0 Å². The molecular formula is C19H18ClN7O3. The Morgan fingerprint density at radius 3 is 2.40 bits per heavy atom. The zero-order valence-electron chi connectivity index (χ0n) is 15.7. The lowest BCUT2D eigenvalue weighted by molar-refractivity contribution is 0.0839. The minimum absolute atomic E-state index is 0.0564. The number of amides is 2. The molecule has 3 heterocycles. The van der Waals surface area contributed by atoms with Gasteiger partial charge in [-0.25, -0.2) is 14.6 Å². The summed E-state index contributed by atoms with van der Waals surface area (Å²) in [6, 6.07) is 8.98. The first-order valence-corrected chi connectivity index (χ1v) is 9.63. The molecule has 30 heavy (non-hydrogen) atoms. The van der Waals surface area contributed by atoms with E-state index in [-0.39, 0.29) is 22.2 Å². The Hall–Kier alpha value is -3.66. The Labute approximate surface area is 176 Å². The van der Waals surface area contributed by atoms with Crippen LogP contribution in [0.1, 0.15) is 33.8 Å². The van der Waals surface area contributed by atoms with Gasteiger partial charge in [-0.2, -0.15) is 5.10 Å². The summed E-state index contributed by atoms with van der Waals surface area (Å²) in [5, 5.41) is 14.2. The maximum absolute atomic E-state index is 12.5. The topological polar surface area (TPSA) is 125 Å². The van der Waals surface area contributed by atoms with E-state index < -0.39 is 11.8 Å². The lowest BCUT2D eigenvalue weighted by Gasteiger charge is -2.16. The van der Waals surface area contributed by atoms with Crippen molar-refractivity contribution >= 4 is 29.4 Å². The Kier molecular flexibility index (Phi) is 5.48. The van der Waals surface area contributed by atoms with Gasteiger partial charge in [0.2, 0.25) is 5.95 Å². The molecule has 0 saturated carbocycles. The van der Waals surface area contributed by atoms with E-state index in [0.29, 0.717) is 11.6 Å². The predicted molar refractivity (Wildman–Crippen MR) is 109 cm³/mol. The molecule has 1 saturated heterocycles. The number of hydrogen-bond acceptors (Lipinski definition) is 7. The van der Waals surface area contributed by atoms with Gasteiger partial charge in [-0.05, 0) is 25.0 Å². The highest BCUT2D eigenvalue weighted by Crippen LogP contribution is 2.20. The van der Waals surface area contributed by atoms with E-state index in [1.54, 1.807) is 24.3 Å². The first-order valence-electron chi connectivity index (χ1n) is 9.25. The predicted octanol–water partition coefficient (Wildman–Crippen LogP) is 1.70. The van der Waals surface area contributed by atoms with Gasteiger partial charge in [0.1, 0.15) is 0 Å². The summed E-state index contributed by atoms with van der Waals surface area (Å²) in [5.41, 5.74) is 4.81. The summed E-state index contributed by atoms with van der Waals surface area (Å²) in [4.78, 5) is 35.2. The second-order valence-corrected chi connectivity index (χ2v) is 7.02. The van der Waals surface area contributed by atoms with Gasteiger partial charge in [0.05, 0.1) is 23.1 Å². The lowest BCUT2D eigenvalue weighted by Crippen LogP contribution is -2.42. The fourth-order valence-electron chi connectivity index (χ4n) is 3.06. The van der Waals surface area contributed by atoms with Gasteiger partial charge in [-0.3, -0.25) is 20.4 Å². The van der Waals surface area contributed by atoms with Crippen LogP contribution in [0.3, 0.4) is 0 Å². The van der Waals surface area contributed by atoms with Crippen LogP contribution in [-0.4, -0.2) is 49.8 Å². The summed E-state index contributed by atoms with van der Waals surface area (Å²) < 4.78 is 1.36. The minimum Gasteiger partial charge on any atom is -0.504 e. The molecule has 1 aliphatic heterocycles. The highest BCUT2D eigenvalue weighted by molar-refractivity contribution is 6.33. The van der Waals surface area contributed by atoms with Gasteiger partial charge < -0.3 is 10.0 Å². The van der Waals surface area contributed by atoms with Gasteiger partial charge in [0.15, 0.2) is 17.1 Å². The molecule has 3 N–H and O–H groups in total. The van der Waals surface area contributed by atoms with Crippen molar-refractivity contribution in [2.24, 2.45) is 0 Å². The second kappa shape index (κ2) is 8.37. The molecule has 0 unspecified atom stereocenters. The number of benzene rings is 1. The molecule has 2 aromatic heterocycles. The zero-order chi connectivity index (χ0) is 21.1. The van der Waals surface area contributed by atoms with Gasteiger partial charge in [0, 0.05) is 13.1 Å². The molecule has 1 aliphatic rings. The highest BCUT2D eigenvalue weighted by atomic mass is 35.5. The fraction of sp³-hybridized carbons (Fsp3) is 0.211. The van der Waals surface area contributed by atoms with Crippen molar-refractivity contribution in [3.63, 3.8) is 0 Å². The molecule has 0 atom stereocenters. The molecule has 154 valence electrons. The second-order valence-electron chi connectivity index (χ2n) is 6.61. The molecule has 0 bridgehead atoms. The van der Waals surface area contributed by atoms with Crippen molar-refractivity contribution in [2.75, 3.05) is 18.0 Å². The van der Waals surface area contributed by atoms with Crippen LogP contribution in [0.2, 0.25) is 5.02 Å². The molecule has 3 aromatic rings. The molecule has 1 fully saturated rings. The number of hydrazine groups is 1. The third-order valence-corrected chi connectivity index (χ3v) is 4.83. The monoisotopic (exact) mass is 427 g/mol. The average molecular weight is 428 g/mol. The first kappa shape index (κ1) is 19.6. The first-order chi connectivity index (χ1) is 14.5. The van der Waals surface area contributed by atoms with Crippen molar-refractivity contribution in [3.8, 4) is 11.4 Å². The number of aromatic nitrogens is 4. The molecule has 2 amide bonds. The number of nitrogens with zero attached hydrogens (tertiary/aromatic N) is 5. The van der Waals surface area contributed by atoms with Crippen molar-refractivity contribution < 1.29 is 14.7 Å². The Bertz CT molecular complexity index is 1080. The number of hydrogen-bond donors (Lipinski definition) is 3. The van der Waals surface area contributed by atoms with E-state index in [9.17, 15) is 14.7 Å². The number of carbonyl (C=O) groups is 2.